The van der Waals surface area contributed by atoms with Crippen molar-refractivity contribution in [1.82, 2.24) is 0 Å². The fourth-order valence-corrected chi connectivity index (χ4v) is 2.76. The van der Waals surface area contributed by atoms with Gasteiger partial charge in [-0.2, -0.15) is 0 Å². The summed E-state index contributed by atoms with van der Waals surface area (Å²) < 4.78 is 41.5. The van der Waals surface area contributed by atoms with Gasteiger partial charge in [-0.3, -0.25) is 0 Å². The van der Waals surface area contributed by atoms with E-state index < -0.39 is 36.2 Å². The molecule has 0 N–H and O–H groups in total. The highest BCUT2D eigenvalue weighted by molar-refractivity contribution is 4.99. The Morgan fingerprint density at radius 1 is 0.889 bits per heavy atom. The van der Waals surface area contributed by atoms with Crippen molar-refractivity contribution in [3.8, 4) is 0 Å². The molecular weight excluding hydrogens is 243 g/mol. The third-order valence-electron chi connectivity index (χ3n) is 3.43. The fourth-order valence-electron chi connectivity index (χ4n) is 2.76. The number of hydrogen-bond acceptors (Lipinski definition) is 5. The van der Waals surface area contributed by atoms with Crippen LogP contribution < -0.4 is 0 Å². The van der Waals surface area contributed by atoms with Crippen LogP contribution in [0.2, 0.25) is 0 Å². The molecule has 3 aliphatic rings. The highest BCUT2D eigenvalue weighted by Crippen LogP contribution is 2.42. The molecule has 3 fully saturated rings. The van der Waals surface area contributed by atoms with Gasteiger partial charge >= 0.3 is 0 Å². The summed E-state index contributed by atoms with van der Waals surface area (Å²) in [6, 6.07) is 0. The summed E-state index contributed by atoms with van der Waals surface area (Å²) in [5, 5.41) is 0. The molecule has 104 valence electrons. The van der Waals surface area contributed by atoms with E-state index in [0.29, 0.717) is 6.61 Å². The van der Waals surface area contributed by atoms with Crippen molar-refractivity contribution in [3.63, 3.8) is 0 Å². The third kappa shape index (κ3) is 2.06. The van der Waals surface area contributed by atoms with Gasteiger partial charge in [-0.05, 0) is 27.7 Å². The lowest BCUT2D eigenvalue weighted by Crippen LogP contribution is -2.40. The van der Waals surface area contributed by atoms with Crippen LogP contribution in [-0.4, -0.2) is 49.0 Å². The minimum Gasteiger partial charge on any atom is -0.348 e. The summed E-state index contributed by atoms with van der Waals surface area (Å²) >= 11 is 0. The van der Waals surface area contributed by atoms with E-state index >= 15 is 0 Å². The molecule has 3 saturated heterocycles. The van der Waals surface area contributed by atoms with E-state index in [1.807, 2.05) is 13.8 Å². The average molecular weight is 262 g/mol. The molecule has 3 heterocycles. The first-order valence-electron chi connectivity index (χ1n) is 6.24. The van der Waals surface area contributed by atoms with Crippen molar-refractivity contribution < 1.29 is 28.1 Å². The predicted octanol–water partition coefficient (Wildman–Crippen LogP) is 1.35. The molecule has 0 aromatic carbocycles. The minimum atomic E-state index is -1.48. The van der Waals surface area contributed by atoms with Gasteiger partial charge in [0.05, 0.1) is 6.61 Å². The third-order valence-corrected chi connectivity index (χ3v) is 3.43. The maximum Gasteiger partial charge on any atom is 0.228 e. The van der Waals surface area contributed by atoms with E-state index in [2.05, 4.69) is 0 Å². The molecule has 0 amide bonds. The Labute approximate surface area is 105 Å². The van der Waals surface area contributed by atoms with Crippen LogP contribution in [0.15, 0.2) is 0 Å². The summed E-state index contributed by atoms with van der Waals surface area (Å²) in [4.78, 5) is 0. The first-order valence-corrected chi connectivity index (χ1v) is 6.24. The van der Waals surface area contributed by atoms with Crippen LogP contribution in [0.3, 0.4) is 0 Å². The summed E-state index contributed by atoms with van der Waals surface area (Å²) in [5.74, 6) is -1.44. The van der Waals surface area contributed by atoms with Crippen LogP contribution in [0, 0.1) is 0 Å². The lowest BCUT2D eigenvalue weighted by Gasteiger charge is -2.25. The van der Waals surface area contributed by atoms with Crippen molar-refractivity contribution >= 4 is 0 Å². The van der Waals surface area contributed by atoms with Gasteiger partial charge in [0.1, 0.15) is 24.4 Å². The van der Waals surface area contributed by atoms with Gasteiger partial charge in [0, 0.05) is 0 Å². The molecule has 0 aliphatic carbocycles. The number of hydrogen-bond donors (Lipinski definition) is 0. The molecule has 3 aliphatic heterocycles. The summed E-state index contributed by atoms with van der Waals surface area (Å²) in [6.45, 7) is 7.55. The fraction of sp³-hybridized carbons (Fsp3) is 1.00. The van der Waals surface area contributed by atoms with Crippen LogP contribution in [-0.2, 0) is 23.7 Å². The Bertz CT molecular complexity index is 345. The van der Waals surface area contributed by atoms with Crippen LogP contribution in [0.1, 0.15) is 27.7 Å². The molecule has 0 bridgehead atoms. The van der Waals surface area contributed by atoms with Crippen molar-refractivity contribution in [2.75, 3.05) is 6.61 Å². The summed E-state index contributed by atoms with van der Waals surface area (Å²) in [6.07, 6.45) is -3.43. The van der Waals surface area contributed by atoms with E-state index in [0.717, 1.165) is 0 Å². The van der Waals surface area contributed by atoms with Crippen LogP contribution in [0.5, 0.6) is 0 Å². The van der Waals surface area contributed by atoms with E-state index in [4.69, 9.17) is 23.7 Å². The largest absolute Gasteiger partial charge is 0.348 e. The van der Waals surface area contributed by atoms with Gasteiger partial charge in [0.25, 0.3) is 0 Å². The Morgan fingerprint density at radius 2 is 1.56 bits per heavy atom. The van der Waals surface area contributed by atoms with E-state index in [-0.39, 0.29) is 6.10 Å². The van der Waals surface area contributed by atoms with Gasteiger partial charge in [0.15, 0.2) is 11.6 Å². The lowest BCUT2D eigenvalue weighted by molar-refractivity contribution is -0.221. The van der Waals surface area contributed by atoms with Crippen LogP contribution >= 0.6 is 0 Å². The van der Waals surface area contributed by atoms with Crippen molar-refractivity contribution in [2.24, 2.45) is 0 Å². The van der Waals surface area contributed by atoms with Gasteiger partial charge in [-0.25, -0.2) is 4.39 Å². The van der Waals surface area contributed by atoms with Crippen molar-refractivity contribution in [2.45, 2.75) is 70.0 Å². The first kappa shape index (κ1) is 12.7. The molecular formula is C12H19FO5. The molecule has 5 nitrogen and oxygen atoms in total. The number of fused-ring (bicyclic) bond motifs is 1. The maximum absolute atomic E-state index is 13.8. The number of alkyl halides is 1. The SMILES string of the molecule is CC1(C)OCC(C2O[C@@H](F)C3OC(C)(C)OC23)O1. The monoisotopic (exact) mass is 262 g/mol. The quantitative estimate of drug-likeness (QED) is 0.714. The normalized spacial score (nSPS) is 49.5. The zero-order chi connectivity index (χ0) is 13.1. The van der Waals surface area contributed by atoms with Crippen molar-refractivity contribution in [3.05, 3.63) is 0 Å². The standard InChI is InChI=1S/C12H19FO5/c1-11(2)14-5-6(16-11)7-8-9(10(13)15-7)18-12(3,4)17-8/h6-10H,5H2,1-4H3/t6?,7?,8?,9?,10-/m1/s1. The van der Waals surface area contributed by atoms with Gasteiger partial charge < -0.3 is 23.7 Å². The second-order valence-electron chi connectivity index (χ2n) is 5.88. The second-order valence-corrected chi connectivity index (χ2v) is 5.88. The molecule has 0 saturated carbocycles. The molecule has 0 spiro atoms. The highest BCUT2D eigenvalue weighted by Gasteiger charge is 2.59. The number of rotatable bonds is 1. The van der Waals surface area contributed by atoms with Gasteiger partial charge in [0.2, 0.25) is 6.36 Å². The highest BCUT2D eigenvalue weighted by atomic mass is 19.1. The molecule has 18 heavy (non-hydrogen) atoms. The molecule has 0 aromatic heterocycles. The van der Waals surface area contributed by atoms with Gasteiger partial charge in [-0.1, -0.05) is 0 Å². The Hall–Kier alpha value is -0.270. The molecule has 4 unspecified atom stereocenters. The topological polar surface area (TPSA) is 46.2 Å². The van der Waals surface area contributed by atoms with Crippen molar-refractivity contribution in [1.29, 1.82) is 0 Å². The predicted molar refractivity (Wildman–Crippen MR) is 58.5 cm³/mol. The minimum absolute atomic E-state index is 0.328. The average Bonchev–Trinajstić information content (AvgIpc) is 2.81. The molecule has 0 aromatic rings. The van der Waals surface area contributed by atoms with E-state index in [9.17, 15) is 4.39 Å². The molecule has 3 rings (SSSR count). The lowest BCUT2D eigenvalue weighted by atomic mass is 10.1. The molecule has 6 heteroatoms. The van der Waals surface area contributed by atoms with Crippen LogP contribution in [0.4, 0.5) is 4.39 Å². The maximum atomic E-state index is 13.8. The molecule has 5 atom stereocenters. The zero-order valence-corrected chi connectivity index (χ0v) is 11.0. The Balaban J connectivity index is 1.75. The number of halogens is 1. The van der Waals surface area contributed by atoms with Gasteiger partial charge in [-0.15, -0.1) is 0 Å². The summed E-state index contributed by atoms with van der Waals surface area (Å²) in [7, 11) is 0. The molecule has 0 radical (unpaired) electrons. The second kappa shape index (κ2) is 3.86. The summed E-state index contributed by atoms with van der Waals surface area (Å²) in [5.41, 5.74) is 0. The number of ether oxygens (including phenoxy) is 5. The Morgan fingerprint density at radius 3 is 2.17 bits per heavy atom. The zero-order valence-electron chi connectivity index (χ0n) is 11.0. The van der Waals surface area contributed by atoms with Crippen LogP contribution in [0.25, 0.3) is 0 Å². The van der Waals surface area contributed by atoms with E-state index in [1.54, 1.807) is 13.8 Å². The smallest absolute Gasteiger partial charge is 0.228 e. The van der Waals surface area contributed by atoms with E-state index in [1.165, 1.54) is 0 Å². The Kier molecular flexibility index (Phi) is 2.74. The first-order chi connectivity index (χ1) is 8.27.